The molecule has 17 heavy (non-hydrogen) atoms. The van der Waals surface area contributed by atoms with Gasteiger partial charge in [0.25, 0.3) is 0 Å². The van der Waals surface area contributed by atoms with Gasteiger partial charge in [-0.15, -0.1) is 0 Å². The first-order chi connectivity index (χ1) is 7.88. The number of nitrogens with zero attached hydrogens (tertiary/aromatic N) is 3. The quantitative estimate of drug-likeness (QED) is 0.874. The number of hydrogen-bond donors (Lipinski definition) is 1. The number of carboxylic acids is 1. The molecule has 5 nitrogen and oxygen atoms in total. The standard InChI is InChI=1S/C9H6F3N3O2/c10-9(11,12)4-15-5-2-1-3-13-6(5)7(14-15)8(16)17/h1-3H,4H2,(H,16,17). The Morgan fingerprint density at radius 1 is 1.47 bits per heavy atom. The minimum Gasteiger partial charge on any atom is -0.476 e. The van der Waals surface area contributed by atoms with Crippen LogP contribution in [0.5, 0.6) is 0 Å². The number of hydrogen-bond acceptors (Lipinski definition) is 3. The fourth-order valence-corrected chi connectivity index (χ4v) is 1.44. The van der Waals surface area contributed by atoms with Crippen molar-refractivity contribution in [3.63, 3.8) is 0 Å². The van der Waals surface area contributed by atoms with Gasteiger partial charge in [-0.25, -0.2) is 4.79 Å². The van der Waals surface area contributed by atoms with Crippen molar-refractivity contribution in [2.75, 3.05) is 0 Å². The molecule has 1 N–H and O–H groups in total. The van der Waals surface area contributed by atoms with Crippen molar-refractivity contribution in [1.29, 1.82) is 0 Å². The van der Waals surface area contributed by atoms with Gasteiger partial charge in [0.05, 0.1) is 5.52 Å². The van der Waals surface area contributed by atoms with E-state index in [1.54, 1.807) is 0 Å². The van der Waals surface area contributed by atoms with Crippen LogP contribution in [0.15, 0.2) is 18.3 Å². The summed E-state index contributed by atoms with van der Waals surface area (Å²) in [5.41, 5.74) is -0.490. The van der Waals surface area contributed by atoms with Crippen molar-refractivity contribution in [1.82, 2.24) is 14.8 Å². The molecule has 2 rings (SSSR count). The Hall–Kier alpha value is -2.12. The Morgan fingerprint density at radius 2 is 2.18 bits per heavy atom. The summed E-state index contributed by atoms with van der Waals surface area (Å²) in [6, 6.07) is 2.76. The van der Waals surface area contributed by atoms with Crippen LogP contribution >= 0.6 is 0 Å². The summed E-state index contributed by atoms with van der Waals surface area (Å²) in [4.78, 5) is 14.5. The fourth-order valence-electron chi connectivity index (χ4n) is 1.44. The van der Waals surface area contributed by atoms with E-state index < -0.39 is 24.4 Å². The molecule has 0 aromatic carbocycles. The lowest BCUT2D eigenvalue weighted by atomic mass is 10.3. The zero-order chi connectivity index (χ0) is 12.6. The Balaban J connectivity index is 2.61. The molecule has 8 heteroatoms. The average Bonchev–Trinajstić information content (AvgIpc) is 2.55. The van der Waals surface area contributed by atoms with Crippen LogP contribution in [0.3, 0.4) is 0 Å². The van der Waals surface area contributed by atoms with Gasteiger partial charge >= 0.3 is 12.1 Å². The molecule has 0 fully saturated rings. The first kappa shape index (κ1) is 11.4. The summed E-state index contributed by atoms with van der Waals surface area (Å²) in [5.74, 6) is -1.41. The molecule has 2 aromatic rings. The highest BCUT2D eigenvalue weighted by atomic mass is 19.4. The van der Waals surface area contributed by atoms with Gasteiger partial charge in [0.2, 0.25) is 0 Å². The van der Waals surface area contributed by atoms with Gasteiger partial charge in [0, 0.05) is 6.20 Å². The van der Waals surface area contributed by atoms with Gasteiger partial charge in [-0.05, 0) is 12.1 Å². The first-order valence-electron chi connectivity index (χ1n) is 4.50. The molecule has 90 valence electrons. The smallest absolute Gasteiger partial charge is 0.408 e. The lowest BCUT2D eigenvalue weighted by molar-refractivity contribution is -0.141. The molecule has 0 aliphatic heterocycles. The maximum Gasteiger partial charge on any atom is 0.408 e. The summed E-state index contributed by atoms with van der Waals surface area (Å²) < 4.78 is 37.3. The van der Waals surface area contributed by atoms with Gasteiger partial charge < -0.3 is 5.11 Å². The Morgan fingerprint density at radius 3 is 2.76 bits per heavy atom. The lowest BCUT2D eigenvalue weighted by Gasteiger charge is -2.06. The van der Waals surface area contributed by atoms with Crippen molar-refractivity contribution in [3.8, 4) is 0 Å². The van der Waals surface area contributed by atoms with Gasteiger partial charge in [-0.2, -0.15) is 18.3 Å². The van der Waals surface area contributed by atoms with Gasteiger partial charge in [0.1, 0.15) is 12.1 Å². The maximum atomic E-state index is 12.3. The summed E-state index contributed by atoms with van der Waals surface area (Å²) in [5, 5.41) is 12.2. The average molecular weight is 245 g/mol. The second kappa shape index (κ2) is 3.72. The molecule has 2 aromatic heterocycles. The van der Waals surface area contributed by atoms with E-state index in [0.29, 0.717) is 4.68 Å². The van der Waals surface area contributed by atoms with E-state index in [4.69, 9.17) is 5.11 Å². The number of carbonyl (C=O) groups is 1. The predicted octanol–water partition coefficient (Wildman–Crippen LogP) is 1.69. The molecule has 0 saturated heterocycles. The van der Waals surface area contributed by atoms with Crippen LogP contribution in [0.25, 0.3) is 11.0 Å². The van der Waals surface area contributed by atoms with Crippen LogP contribution in [0, 0.1) is 0 Å². The number of pyridine rings is 1. The van der Waals surface area contributed by atoms with Gasteiger partial charge in [0.15, 0.2) is 5.69 Å². The van der Waals surface area contributed by atoms with Crippen LogP contribution in [0.1, 0.15) is 10.5 Å². The summed E-state index contributed by atoms with van der Waals surface area (Å²) in [6.07, 6.45) is -3.17. The van der Waals surface area contributed by atoms with Crippen LogP contribution in [0.2, 0.25) is 0 Å². The molecule has 0 bridgehead atoms. The Labute approximate surface area is 92.5 Å². The van der Waals surface area contributed by atoms with Crippen molar-refractivity contribution in [3.05, 3.63) is 24.0 Å². The van der Waals surface area contributed by atoms with Gasteiger partial charge in [-0.3, -0.25) is 9.67 Å². The molecular weight excluding hydrogens is 239 g/mol. The molecule has 0 unspecified atom stereocenters. The van der Waals surface area contributed by atoms with E-state index in [1.165, 1.54) is 18.3 Å². The van der Waals surface area contributed by atoms with E-state index in [9.17, 15) is 18.0 Å². The van der Waals surface area contributed by atoms with Crippen LogP contribution < -0.4 is 0 Å². The number of aromatic nitrogens is 3. The Bertz CT molecular complexity index is 576. The van der Waals surface area contributed by atoms with E-state index in [-0.39, 0.29) is 11.0 Å². The van der Waals surface area contributed by atoms with E-state index >= 15 is 0 Å². The minimum atomic E-state index is -4.47. The zero-order valence-corrected chi connectivity index (χ0v) is 8.27. The Kier molecular flexibility index (Phi) is 2.49. The zero-order valence-electron chi connectivity index (χ0n) is 8.27. The molecule has 0 saturated carbocycles. The van der Waals surface area contributed by atoms with Crippen molar-refractivity contribution >= 4 is 17.0 Å². The highest BCUT2D eigenvalue weighted by molar-refractivity contribution is 5.99. The maximum absolute atomic E-state index is 12.3. The molecule has 0 radical (unpaired) electrons. The third-order valence-electron chi connectivity index (χ3n) is 2.04. The molecule has 0 amide bonds. The van der Waals surface area contributed by atoms with Crippen LogP contribution in [-0.4, -0.2) is 32.0 Å². The summed E-state index contributed by atoms with van der Waals surface area (Å²) in [6.45, 7) is -1.34. The van der Waals surface area contributed by atoms with Crippen molar-refractivity contribution in [2.24, 2.45) is 0 Å². The van der Waals surface area contributed by atoms with Crippen LogP contribution in [0.4, 0.5) is 13.2 Å². The normalized spacial score (nSPS) is 11.9. The second-order valence-corrected chi connectivity index (χ2v) is 3.30. The second-order valence-electron chi connectivity index (χ2n) is 3.30. The number of aromatic carboxylic acids is 1. The monoisotopic (exact) mass is 245 g/mol. The number of carboxylic acid groups (broad SMARTS) is 1. The summed E-state index contributed by atoms with van der Waals surface area (Å²) >= 11 is 0. The topological polar surface area (TPSA) is 68.0 Å². The molecule has 2 heterocycles. The van der Waals surface area contributed by atoms with Crippen molar-refractivity contribution < 1.29 is 23.1 Å². The molecule has 0 aliphatic carbocycles. The minimum absolute atomic E-state index is 0.0437. The predicted molar refractivity (Wildman–Crippen MR) is 50.5 cm³/mol. The van der Waals surface area contributed by atoms with E-state index in [2.05, 4.69) is 10.1 Å². The largest absolute Gasteiger partial charge is 0.476 e. The third kappa shape index (κ3) is 2.19. The van der Waals surface area contributed by atoms with E-state index in [1.807, 2.05) is 0 Å². The number of fused-ring (bicyclic) bond motifs is 1. The molecular formula is C9H6F3N3O2. The lowest BCUT2D eigenvalue weighted by Crippen LogP contribution is -2.18. The van der Waals surface area contributed by atoms with E-state index in [0.717, 1.165) is 0 Å². The first-order valence-corrected chi connectivity index (χ1v) is 4.50. The molecule has 0 atom stereocenters. The van der Waals surface area contributed by atoms with Crippen molar-refractivity contribution in [2.45, 2.75) is 12.7 Å². The number of rotatable bonds is 2. The third-order valence-corrected chi connectivity index (χ3v) is 2.04. The fraction of sp³-hybridized carbons (Fsp3) is 0.222. The highest BCUT2D eigenvalue weighted by Gasteiger charge is 2.30. The molecule has 0 spiro atoms. The highest BCUT2D eigenvalue weighted by Crippen LogP contribution is 2.22. The summed E-state index contributed by atoms with van der Waals surface area (Å²) in [7, 11) is 0. The van der Waals surface area contributed by atoms with Gasteiger partial charge in [-0.1, -0.05) is 0 Å². The number of alkyl halides is 3. The SMILES string of the molecule is O=C(O)c1nn(CC(F)(F)F)c2cccnc12. The number of halogens is 3. The molecule has 0 aliphatic rings. The van der Waals surface area contributed by atoms with Crippen LogP contribution in [-0.2, 0) is 6.54 Å².